The molecule has 1 aliphatic rings. The maximum absolute atomic E-state index is 12.9. The smallest absolute Gasteiger partial charge is 0.194 e. The van der Waals surface area contributed by atoms with Gasteiger partial charge < -0.3 is 0 Å². The lowest BCUT2D eigenvalue weighted by atomic mass is 9.94. The van der Waals surface area contributed by atoms with E-state index in [1.165, 1.54) is 5.39 Å². The van der Waals surface area contributed by atoms with Gasteiger partial charge in [-0.25, -0.2) is 0 Å². The second-order valence-corrected chi connectivity index (χ2v) is 5.75. The van der Waals surface area contributed by atoms with Gasteiger partial charge in [-0.3, -0.25) is 4.79 Å². The predicted octanol–water partition coefficient (Wildman–Crippen LogP) is 5.20. The van der Waals surface area contributed by atoms with Gasteiger partial charge in [-0.15, -0.1) is 0 Å². The molecule has 1 nitrogen and oxygen atoms in total. The van der Waals surface area contributed by atoms with Crippen molar-refractivity contribution in [1.82, 2.24) is 0 Å². The summed E-state index contributed by atoms with van der Waals surface area (Å²) in [7, 11) is 0. The molecule has 0 aromatic heterocycles. The lowest BCUT2D eigenvalue weighted by Crippen LogP contribution is -1.96. The summed E-state index contributed by atoms with van der Waals surface area (Å²) in [5.41, 5.74) is 3.79. The van der Waals surface area contributed by atoms with E-state index in [9.17, 15) is 4.79 Å². The number of carbonyl (C=O) groups is 1. The summed E-state index contributed by atoms with van der Waals surface area (Å²) >= 11 is 0. The van der Waals surface area contributed by atoms with Gasteiger partial charge in [0.1, 0.15) is 0 Å². The second-order valence-electron chi connectivity index (χ2n) is 5.75. The Kier molecular flexibility index (Phi) is 2.15. The van der Waals surface area contributed by atoms with Gasteiger partial charge in [0.2, 0.25) is 0 Å². The largest absolute Gasteiger partial charge is 0.289 e. The lowest BCUT2D eigenvalue weighted by molar-refractivity contribution is 0.104. The molecule has 4 aromatic rings. The van der Waals surface area contributed by atoms with Crippen LogP contribution in [-0.4, -0.2) is 5.78 Å². The number of benzene rings is 4. The number of rotatable bonds is 0. The molecule has 0 bridgehead atoms. The van der Waals surface area contributed by atoms with Gasteiger partial charge in [-0.1, -0.05) is 72.8 Å². The molecule has 0 saturated heterocycles. The molecule has 0 heterocycles. The van der Waals surface area contributed by atoms with Crippen LogP contribution in [0.25, 0.3) is 32.7 Å². The average molecular weight is 280 g/mol. The highest BCUT2D eigenvalue weighted by Gasteiger charge is 2.28. The van der Waals surface area contributed by atoms with E-state index in [1.54, 1.807) is 0 Å². The van der Waals surface area contributed by atoms with Gasteiger partial charge in [0.25, 0.3) is 0 Å². The van der Waals surface area contributed by atoms with Crippen LogP contribution in [0.1, 0.15) is 15.9 Å². The normalized spacial score (nSPS) is 12.6. The van der Waals surface area contributed by atoms with Crippen LogP contribution >= 0.6 is 0 Å². The Morgan fingerprint density at radius 2 is 1.23 bits per heavy atom. The Bertz CT molecular complexity index is 1090. The van der Waals surface area contributed by atoms with E-state index in [2.05, 4.69) is 36.4 Å². The van der Waals surface area contributed by atoms with Crippen molar-refractivity contribution in [1.29, 1.82) is 0 Å². The monoisotopic (exact) mass is 280 g/mol. The summed E-state index contributed by atoms with van der Waals surface area (Å²) in [6.45, 7) is 0. The molecule has 0 atom stereocenters. The predicted molar refractivity (Wildman–Crippen MR) is 90.3 cm³/mol. The van der Waals surface area contributed by atoms with Crippen LogP contribution < -0.4 is 0 Å². The van der Waals surface area contributed by atoms with Crippen LogP contribution in [0.2, 0.25) is 0 Å². The Hall–Kier alpha value is -2.93. The molecule has 102 valence electrons. The van der Waals surface area contributed by atoms with Crippen LogP contribution in [0.5, 0.6) is 0 Å². The topological polar surface area (TPSA) is 17.1 Å². The molecular weight excluding hydrogens is 268 g/mol. The number of carbonyl (C=O) groups excluding carboxylic acids is 1. The fraction of sp³-hybridized carbons (Fsp3) is 0. The molecule has 0 amide bonds. The highest BCUT2D eigenvalue weighted by atomic mass is 16.1. The lowest BCUT2D eigenvalue weighted by Gasteiger charge is -2.08. The van der Waals surface area contributed by atoms with Crippen LogP contribution in [0.15, 0.2) is 72.8 Å². The van der Waals surface area contributed by atoms with Crippen LogP contribution in [0, 0.1) is 0 Å². The van der Waals surface area contributed by atoms with Crippen LogP contribution in [-0.2, 0) is 0 Å². The molecule has 0 unspecified atom stereocenters. The highest BCUT2D eigenvalue weighted by molar-refractivity contribution is 6.30. The summed E-state index contributed by atoms with van der Waals surface area (Å²) in [6.07, 6.45) is 0. The van der Waals surface area contributed by atoms with Crippen molar-refractivity contribution >= 4 is 27.3 Å². The summed E-state index contributed by atoms with van der Waals surface area (Å²) in [5, 5.41) is 4.53. The summed E-state index contributed by atoms with van der Waals surface area (Å²) in [6, 6.07) is 24.6. The average Bonchev–Trinajstić information content (AvgIpc) is 2.88. The van der Waals surface area contributed by atoms with E-state index in [4.69, 9.17) is 0 Å². The molecule has 1 heteroatoms. The molecule has 1 aliphatic carbocycles. The summed E-state index contributed by atoms with van der Waals surface area (Å²) in [4.78, 5) is 12.9. The van der Waals surface area contributed by atoms with Gasteiger partial charge in [0.15, 0.2) is 5.78 Å². The van der Waals surface area contributed by atoms with E-state index in [-0.39, 0.29) is 5.78 Å². The molecular formula is C21H12O. The molecule has 0 N–H and O–H groups in total. The molecule has 22 heavy (non-hydrogen) atoms. The van der Waals surface area contributed by atoms with Crippen molar-refractivity contribution in [2.75, 3.05) is 0 Å². The van der Waals surface area contributed by atoms with E-state index in [0.717, 1.165) is 38.4 Å². The van der Waals surface area contributed by atoms with Crippen molar-refractivity contribution in [3.8, 4) is 11.1 Å². The van der Waals surface area contributed by atoms with Crippen LogP contribution in [0.4, 0.5) is 0 Å². The van der Waals surface area contributed by atoms with Gasteiger partial charge in [0, 0.05) is 16.5 Å². The first-order valence-electron chi connectivity index (χ1n) is 7.43. The summed E-state index contributed by atoms with van der Waals surface area (Å²) in [5.74, 6) is 0.146. The minimum Gasteiger partial charge on any atom is -0.289 e. The SMILES string of the molecule is O=C1c2ccccc2-c2ccc3ccc4ccccc4c3c21. The van der Waals surface area contributed by atoms with Gasteiger partial charge in [0.05, 0.1) is 0 Å². The van der Waals surface area contributed by atoms with E-state index >= 15 is 0 Å². The summed E-state index contributed by atoms with van der Waals surface area (Å²) < 4.78 is 0. The Morgan fingerprint density at radius 3 is 2.14 bits per heavy atom. The van der Waals surface area contributed by atoms with Crippen molar-refractivity contribution in [2.24, 2.45) is 0 Å². The minimum atomic E-state index is 0.146. The zero-order valence-electron chi connectivity index (χ0n) is 11.8. The maximum Gasteiger partial charge on any atom is 0.194 e. The number of hydrogen-bond donors (Lipinski definition) is 0. The standard InChI is InChI=1S/C21H12O/c22-21-18-8-4-3-7-16(18)17-12-11-14-10-9-13-5-1-2-6-15(13)19(14)20(17)21/h1-12H. The molecule has 0 fully saturated rings. The van der Waals surface area contributed by atoms with Crippen molar-refractivity contribution in [3.05, 3.63) is 83.9 Å². The first kappa shape index (κ1) is 11.7. The zero-order chi connectivity index (χ0) is 14.7. The Labute approximate surface area is 127 Å². The third-order valence-corrected chi connectivity index (χ3v) is 4.60. The van der Waals surface area contributed by atoms with E-state index in [0.29, 0.717) is 0 Å². The Balaban J connectivity index is 2.03. The first-order chi connectivity index (χ1) is 10.8. The van der Waals surface area contributed by atoms with E-state index in [1.807, 2.05) is 36.4 Å². The first-order valence-corrected chi connectivity index (χ1v) is 7.43. The highest BCUT2D eigenvalue weighted by Crippen LogP contribution is 2.42. The van der Waals surface area contributed by atoms with E-state index < -0.39 is 0 Å². The fourth-order valence-electron chi connectivity index (χ4n) is 3.61. The minimum absolute atomic E-state index is 0.146. The van der Waals surface area contributed by atoms with Crippen molar-refractivity contribution in [3.63, 3.8) is 0 Å². The van der Waals surface area contributed by atoms with Gasteiger partial charge >= 0.3 is 0 Å². The second kappa shape index (κ2) is 4.05. The quantitative estimate of drug-likeness (QED) is 0.356. The van der Waals surface area contributed by atoms with Crippen LogP contribution in [0.3, 0.4) is 0 Å². The molecule has 0 spiro atoms. The Morgan fingerprint density at radius 1 is 0.545 bits per heavy atom. The molecule has 0 aliphatic heterocycles. The number of fused-ring (bicyclic) bond motifs is 7. The number of ketones is 1. The van der Waals surface area contributed by atoms with Crippen molar-refractivity contribution in [2.45, 2.75) is 0 Å². The molecule has 4 aromatic carbocycles. The third-order valence-electron chi connectivity index (χ3n) is 4.60. The maximum atomic E-state index is 12.9. The number of hydrogen-bond acceptors (Lipinski definition) is 1. The van der Waals surface area contributed by atoms with Gasteiger partial charge in [-0.05, 0) is 27.3 Å². The third kappa shape index (κ3) is 1.35. The van der Waals surface area contributed by atoms with Gasteiger partial charge in [-0.2, -0.15) is 0 Å². The molecule has 0 saturated carbocycles. The fourth-order valence-corrected chi connectivity index (χ4v) is 3.61. The molecule has 5 rings (SSSR count). The van der Waals surface area contributed by atoms with Crippen molar-refractivity contribution < 1.29 is 4.79 Å². The zero-order valence-corrected chi connectivity index (χ0v) is 11.8. The molecule has 0 radical (unpaired) electrons.